The Hall–Kier alpha value is -0.650. The lowest BCUT2D eigenvalue weighted by atomic mass is 10.00. The summed E-state index contributed by atoms with van der Waals surface area (Å²) >= 11 is 0. The molecule has 0 aliphatic heterocycles. The summed E-state index contributed by atoms with van der Waals surface area (Å²) in [6.45, 7) is 11.2. The van der Waals surface area contributed by atoms with Crippen LogP contribution in [0.25, 0.3) is 0 Å². The zero-order valence-corrected chi connectivity index (χ0v) is 14.0. The predicted octanol–water partition coefficient (Wildman–Crippen LogP) is 1.66. The Morgan fingerprint density at radius 2 is 2.00 bits per heavy atom. The van der Waals surface area contributed by atoms with Crippen molar-refractivity contribution in [2.45, 2.75) is 52.1 Å². The fourth-order valence-corrected chi connectivity index (χ4v) is 2.15. The third kappa shape index (κ3) is 6.20. The molecule has 2 atom stereocenters. The fourth-order valence-electron chi connectivity index (χ4n) is 2.15. The van der Waals surface area contributed by atoms with Crippen LogP contribution in [0.15, 0.2) is 0 Å². The first-order chi connectivity index (χ1) is 9.45. The van der Waals surface area contributed by atoms with Crippen LogP contribution >= 0.6 is 0 Å². The highest BCUT2D eigenvalue weighted by Crippen LogP contribution is 2.13. The summed E-state index contributed by atoms with van der Waals surface area (Å²) in [4.78, 5) is 14.4. The van der Waals surface area contributed by atoms with Gasteiger partial charge in [-0.25, -0.2) is 0 Å². The van der Waals surface area contributed by atoms with Crippen molar-refractivity contribution in [1.29, 1.82) is 0 Å². The first-order valence-electron chi connectivity index (χ1n) is 7.51. The zero-order chi connectivity index (χ0) is 15.6. The van der Waals surface area contributed by atoms with E-state index < -0.39 is 5.54 Å². The van der Waals surface area contributed by atoms with E-state index in [-0.39, 0.29) is 5.97 Å². The van der Waals surface area contributed by atoms with Crippen molar-refractivity contribution in [3.8, 4) is 0 Å². The van der Waals surface area contributed by atoms with Gasteiger partial charge in [0.25, 0.3) is 0 Å². The van der Waals surface area contributed by atoms with E-state index in [0.717, 1.165) is 25.9 Å². The molecule has 0 aromatic heterocycles. The van der Waals surface area contributed by atoms with Crippen LogP contribution < -0.4 is 5.32 Å². The molecule has 120 valence electrons. The maximum atomic E-state index is 12.1. The summed E-state index contributed by atoms with van der Waals surface area (Å²) < 4.78 is 10.1. The minimum atomic E-state index is -0.679. The van der Waals surface area contributed by atoms with Crippen LogP contribution in [0.2, 0.25) is 0 Å². The lowest BCUT2D eigenvalue weighted by molar-refractivity contribution is -0.149. The van der Waals surface area contributed by atoms with Crippen LogP contribution in [0.1, 0.15) is 40.5 Å². The number of hydrogen-bond donors (Lipinski definition) is 1. The number of ether oxygens (including phenoxy) is 2. The van der Waals surface area contributed by atoms with Crippen LogP contribution in [0.4, 0.5) is 0 Å². The molecular weight excluding hydrogens is 256 g/mol. The van der Waals surface area contributed by atoms with Gasteiger partial charge in [-0.3, -0.25) is 9.69 Å². The Kier molecular flexibility index (Phi) is 9.80. The molecule has 0 aromatic rings. The number of nitrogens with one attached hydrogen (secondary N) is 1. The zero-order valence-electron chi connectivity index (χ0n) is 14.0. The molecule has 1 N–H and O–H groups in total. The van der Waals surface area contributed by atoms with Gasteiger partial charge in [0, 0.05) is 26.2 Å². The van der Waals surface area contributed by atoms with Crippen molar-refractivity contribution in [1.82, 2.24) is 10.2 Å². The minimum absolute atomic E-state index is 0.211. The molecule has 0 rings (SSSR count). The van der Waals surface area contributed by atoms with E-state index in [1.807, 2.05) is 6.92 Å². The van der Waals surface area contributed by atoms with E-state index in [9.17, 15) is 4.79 Å². The molecule has 2 unspecified atom stereocenters. The van der Waals surface area contributed by atoms with E-state index >= 15 is 0 Å². The highest BCUT2D eigenvalue weighted by molar-refractivity contribution is 5.80. The van der Waals surface area contributed by atoms with Gasteiger partial charge in [-0.15, -0.1) is 0 Å². The number of methoxy groups -OCH3 is 2. The maximum Gasteiger partial charge on any atom is 0.327 e. The summed E-state index contributed by atoms with van der Waals surface area (Å²) in [6.07, 6.45) is 2.02. The molecule has 0 heterocycles. The largest absolute Gasteiger partial charge is 0.468 e. The van der Waals surface area contributed by atoms with Gasteiger partial charge in [0.05, 0.1) is 13.7 Å². The Morgan fingerprint density at radius 1 is 1.35 bits per heavy atom. The first-order valence-corrected chi connectivity index (χ1v) is 7.51. The van der Waals surface area contributed by atoms with E-state index in [4.69, 9.17) is 9.47 Å². The SMILES string of the molecule is CCCNC(C)(CN(CCOC)C(C)CC)C(=O)OC. The molecule has 0 aliphatic rings. The summed E-state index contributed by atoms with van der Waals surface area (Å²) in [5, 5.41) is 3.33. The minimum Gasteiger partial charge on any atom is -0.468 e. The number of carbonyl (C=O) groups excluding carboxylic acids is 1. The molecule has 0 bridgehead atoms. The molecule has 0 fully saturated rings. The molecular formula is C15H32N2O3. The van der Waals surface area contributed by atoms with E-state index in [1.54, 1.807) is 7.11 Å². The Labute approximate surface area is 124 Å². The molecule has 5 heteroatoms. The lowest BCUT2D eigenvalue weighted by Gasteiger charge is -2.37. The number of rotatable bonds is 11. The van der Waals surface area contributed by atoms with Gasteiger partial charge < -0.3 is 14.8 Å². The van der Waals surface area contributed by atoms with Crippen LogP contribution in [-0.4, -0.2) is 62.9 Å². The summed E-state index contributed by atoms with van der Waals surface area (Å²) in [5.74, 6) is -0.211. The van der Waals surface area contributed by atoms with Crippen molar-refractivity contribution in [2.24, 2.45) is 0 Å². The monoisotopic (exact) mass is 288 g/mol. The second-order valence-corrected chi connectivity index (χ2v) is 5.47. The maximum absolute atomic E-state index is 12.1. The Balaban J connectivity index is 4.90. The van der Waals surface area contributed by atoms with Crippen molar-refractivity contribution < 1.29 is 14.3 Å². The second-order valence-electron chi connectivity index (χ2n) is 5.47. The third-order valence-corrected chi connectivity index (χ3v) is 3.72. The summed E-state index contributed by atoms with van der Waals surface area (Å²) in [6, 6.07) is 0.401. The van der Waals surface area contributed by atoms with E-state index in [2.05, 4.69) is 31.0 Å². The van der Waals surface area contributed by atoms with Gasteiger partial charge >= 0.3 is 5.97 Å². The lowest BCUT2D eigenvalue weighted by Crippen LogP contribution is -2.59. The van der Waals surface area contributed by atoms with E-state index in [0.29, 0.717) is 19.2 Å². The summed E-state index contributed by atoms with van der Waals surface area (Å²) in [7, 11) is 3.14. The fraction of sp³-hybridized carbons (Fsp3) is 0.933. The normalized spacial score (nSPS) is 15.9. The average Bonchev–Trinajstić information content (AvgIpc) is 2.47. The van der Waals surface area contributed by atoms with Crippen molar-refractivity contribution in [3.05, 3.63) is 0 Å². The Bertz CT molecular complexity index is 274. The van der Waals surface area contributed by atoms with Crippen LogP contribution in [-0.2, 0) is 14.3 Å². The molecule has 0 saturated heterocycles. The predicted molar refractivity (Wildman–Crippen MR) is 81.9 cm³/mol. The highest BCUT2D eigenvalue weighted by atomic mass is 16.5. The van der Waals surface area contributed by atoms with Gasteiger partial charge in [0.15, 0.2) is 0 Å². The van der Waals surface area contributed by atoms with Crippen molar-refractivity contribution in [2.75, 3.05) is 40.5 Å². The standard InChI is InChI=1S/C15H32N2O3/c1-7-9-16-15(4,14(18)20-6)12-17(10-11-19-5)13(3)8-2/h13,16H,7-12H2,1-6H3. The molecule has 0 saturated carbocycles. The second kappa shape index (κ2) is 10.1. The number of esters is 1. The van der Waals surface area contributed by atoms with Gasteiger partial charge in [-0.1, -0.05) is 13.8 Å². The third-order valence-electron chi connectivity index (χ3n) is 3.72. The number of nitrogens with zero attached hydrogens (tertiary/aromatic N) is 1. The molecule has 0 aliphatic carbocycles. The Morgan fingerprint density at radius 3 is 2.45 bits per heavy atom. The van der Waals surface area contributed by atoms with Gasteiger partial charge in [-0.2, -0.15) is 0 Å². The van der Waals surface area contributed by atoms with Gasteiger partial charge in [-0.05, 0) is 33.2 Å². The van der Waals surface area contributed by atoms with Crippen LogP contribution in [0.5, 0.6) is 0 Å². The molecule has 20 heavy (non-hydrogen) atoms. The smallest absolute Gasteiger partial charge is 0.327 e. The number of hydrogen-bond acceptors (Lipinski definition) is 5. The first kappa shape index (κ1) is 19.4. The van der Waals surface area contributed by atoms with Crippen molar-refractivity contribution >= 4 is 5.97 Å². The van der Waals surface area contributed by atoms with Crippen molar-refractivity contribution in [3.63, 3.8) is 0 Å². The topological polar surface area (TPSA) is 50.8 Å². The quantitative estimate of drug-likeness (QED) is 0.586. The summed E-state index contributed by atoms with van der Waals surface area (Å²) in [5.41, 5.74) is -0.679. The highest BCUT2D eigenvalue weighted by Gasteiger charge is 2.36. The van der Waals surface area contributed by atoms with Gasteiger partial charge in [0.1, 0.15) is 5.54 Å². The van der Waals surface area contributed by atoms with Crippen LogP contribution in [0.3, 0.4) is 0 Å². The molecule has 5 nitrogen and oxygen atoms in total. The van der Waals surface area contributed by atoms with Gasteiger partial charge in [0.2, 0.25) is 0 Å². The molecule has 0 amide bonds. The molecule has 0 spiro atoms. The molecule has 0 radical (unpaired) electrons. The van der Waals surface area contributed by atoms with Crippen LogP contribution in [0, 0.1) is 0 Å². The number of carbonyl (C=O) groups is 1. The molecule has 0 aromatic carbocycles. The van der Waals surface area contributed by atoms with E-state index in [1.165, 1.54) is 7.11 Å². The average molecular weight is 288 g/mol.